The third-order valence-corrected chi connectivity index (χ3v) is 4.39. The Hall–Kier alpha value is -2.82. The summed E-state index contributed by atoms with van der Waals surface area (Å²) >= 11 is 0. The minimum absolute atomic E-state index is 0.160. The number of rotatable bonds is 5. The lowest BCUT2D eigenvalue weighted by Crippen LogP contribution is -2.30. The predicted octanol–water partition coefficient (Wildman–Crippen LogP) is 4.51. The molecule has 0 aromatic heterocycles. The van der Waals surface area contributed by atoms with E-state index in [1.807, 2.05) is 18.2 Å². The van der Waals surface area contributed by atoms with Crippen LogP contribution in [0, 0.1) is 11.7 Å². The van der Waals surface area contributed by atoms with Gasteiger partial charge in [-0.05, 0) is 47.4 Å². The van der Waals surface area contributed by atoms with Crippen molar-refractivity contribution in [3.63, 3.8) is 0 Å². The maximum absolute atomic E-state index is 13.0. The number of fused-ring (bicyclic) bond motifs is 1. The maximum atomic E-state index is 13.0. The minimum atomic E-state index is -0.300. The molecule has 1 aliphatic rings. The normalized spacial score (nSPS) is 14.8. The summed E-state index contributed by atoms with van der Waals surface area (Å²) in [6.45, 7) is 5.37. The molecule has 142 valence electrons. The van der Waals surface area contributed by atoms with Crippen LogP contribution in [0.2, 0.25) is 0 Å². The van der Waals surface area contributed by atoms with Crippen molar-refractivity contribution in [2.75, 3.05) is 13.2 Å². The summed E-state index contributed by atoms with van der Waals surface area (Å²) in [5.74, 6) is 1.14. The van der Waals surface area contributed by atoms with Crippen molar-refractivity contribution in [2.45, 2.75) is 26.3 Å². The summed E-state index contributed by atoms with van der Waals surface area (Å²) in [4.78, 5) is 12.4. The van der Waals surface area contributed by atoms with Crippen LogP contribution in [0.5, 0.6) is 11.5 Å². The van der Waals surface area contributed by atoms with E-state index in [1.165, 1.54) is 18.2 Å². The van der Waals surface area contributed by atoms with Crippen molar-refractivity contribution in [3.05, 3.63) is 65.5 Å². The van der Waals surface area contributed by atoms with E-state index in [0.29, 0.717) is 19.0 Å². The second kappa shape index (κ2) is 8.71. The number of carbonyl (C=O) groups is 1. The quantitative estimate of drug-likeness (QED) is 0.789. The second-order valence-electron chi connectivity index (χ2n) is 6.87. The number of amides is 1. The van der Waals surface area contributed by atoms with Gasteiger partial charge in [0, 0.05) is 12.5 Å². The summed E-state index contributed by atoms with van der Waals surface area (Å²) in [6, 6.07) is 11.6. The number of halogens is 1. The van der Waals surface area contributed by atoms with Crippen molar-refractivity contribution < 1.29 is 18.7 Å². The Labute approximate surface area is 159 Å². The van der Waals surface area contributed by atoms with Gasteiger partial charge in [-0.15, -0.1) is 0 Å². The number of carbonyl (C=O) groups excluding carboxylic acids is 1. The SMILES string of the molecule is CC(C)[C@H](NC(=O)/C=C/c1ccc(F)cc1)c1ccc2c(c1)OCCCO2. The van der Waals surface area contributed by atoms with E-state index in [1.54, 1.807) is 18.2 Å². The summed E-state index contributed by atoms with van der Waals surface area (Å²) in [7, 11) is 0. The Balaban J connectivity index is 1.73. The van der Waals surface area contributed by atoms with Gasteiger partial charge in [0.05, 0.1) is 19.3 Å². The van der Waals surface area contributed by atoms with Crippen LogP contribution >= 0.6 is 0 Å². The maximum Gasteiger partial charge on any atom is 0.244 e. The Bertz CT molecular complexity index is 815. The molecule has 4 nitrogen and oxygen atoms in total. The van der Waals surface area contributed by atoms with Crippen molar-refractivity contribution in [3.8, 4) is 11.5 Å². The van der Waals surface area contributed by atoms with Crippen molar-refractivity contribution in [2.24, 2.45) is 5.92 Å². The van der Waals surface area contributed by atoms with E-state index < -0.39 is 0 Å². The standard InChI is InChI=1S/C22H24FNO3/c1-15(2)22(17-7-10-19-20(14-17)27-13-3-12-26-19)24-21(25)11-6-16-4-8-18(23)9-5-16/h4-11,14-15,22H,3,12-13H2,1-2H3,(H,24,25)/b11-6+/t22-/m0/s1. The monoisotopic (exact) mass is 369 g/mol. The van der Waals surface area contributed by atoms with Crippen LogP contribution in [0.15, 0.2) is 48.5 Å². The fourth-order valence-electron chi connectivity index (χ4n) is 2.96. The van der Waals surface area contributed by atoms with Gasteiger partial charge in [0.2, 0.25) is 5.91 Å². The summed E-state index contributed by atoms with van der Waals surface area (Å²) in [6.07, 6.45) is 3.98. The third-order valence-electron chi connectivity index (χ3n) is 4.39. The molecular formula is C22H24FNO3. The highest BCUT2D eigenvalue weighted by Gasteiger charge is 2.20. The molecule has 0 spiro atoms. The van der Waals surface area contributed by atoms with Crippen LogP contribution in [-0.4, -0.2) is 19.1 Å². The van der Waals surface area contributed by atoms with E-state index in [9.17, 15) is 9.18 Å². The molecule has 1 amide bonds. The van der Waals surface area contributed by atoms with Gasteiger partial charge in [-0.25, -0.2) is 4.39 Å². The van der Waals surface area contributed by atoms with Crippen LogP contribution in [0.3, 0.4) is 0 Å². The largest absolute Gasteiger partial charge is 0.490 e. The zero-order valence-electron chi connectivity index (χ0n) is 15.6. The summed E-state index contributed by atoms with van der Waals surface area (Å²) < 4.78 is 24.4. The van der Waals surface area contributed by atoms with Gasteiger partial charge in [0.15, 0.2) is 11.5 Å². The van der Waals surface area contributed by atoms with Gasteiger partial charge in [-0.3, -0.25) is 4.79 Å². The van der Waals surface area contributed by atoms with Gasteiger partial charge in [-0.2, -0.15) is 0 Å². The molecule has 0 saturated carbocycles. The van der Waals surface area contributed by atoms with Crippen LogP contribution < -0.4 is 14.8 Å². The molecule has 1 aliphatic heterocycles. The lowest BCUT2D eigenvalue weighted by Gasteiger charge is -2.23. The Kier molecular flexibility index (Phi) is 6.12. The van der Waals surface area contributed by atoms with E-state index >= 15 is 0 Å². The average molecular weight is 369 g/mol. The fraction of sp³-hybridized carbons (Fsp3) is 0.318. The summed E-state index contributed by atoms with van der Waals surface area (Å²) in [5.41, 5.74) is 1.74. The predicted molar refractivity (Wildman–Crippen MR) is 103 cm³/mol. The first-order valence-corrected chi connectivity index (χ1v) is 9.16. The first-order valence-electron chi connectivity index (χ1n) is 9.16. The molecule has 3 rings (SSSR count). The van der Waals surface area contributed by atoms with Gasteiger partial charge < -0.3 is 14.8 Å². The van der Waals surface area contributed by atoms with Gasteiger partial charge >= 0.3 is 0 Å². The van der Waals surface area contributed by atoms with Crippen molar-refractivity contribution in [1.29, 1.82) is 0 Å². The van der Waals surface area contributed by atoms with E-state index in [-0.39, 0.29) is 23.7 Å². The minimum Gasteiger partial charge on any atom is -0.490 e. The molecule has 2 aromatic rings. The smallest absolute Gasteiger partial charge is 0.244 e. The molecule has 1 atom stereocenters. The first kappa shape index (κ1) is 19.0. The highest BCUT2D eigenvalue weighted by Crippen LogP contribution is 2.34. The average Bonchev–Trinajstić information content (AvgIpc) is 2.90. The molecule has 27 heavy (non-hydrogen) atoms. The fourth-order valence-corrected chi connectivity index (χ4v) is 2.96. The summed E-state index contributed by atoms with van der Waals surface area (Å²) in [5, 5.41) is 3.04. The number of benzene rings is 2. The highest BCUT2D eigenvalue weighted by atomic mass is 19.1. The Morgan fingerprint density at radius 2 is 1.78 bits per heavy atom. The second-order valence-corrected chi connectivity index (χ2v) is 6.87. The zero-order chi connectivity index (χ0) is 19.2. The van der Waals surface area contributed by atoms with Crippen LogP contribution in [-0.2, 0) is 4.79 Å². The topological polar surface area (TPSA) is 47.6 Å². The Morgan fingerprint density at radius 1 is 1.07 bits per heavy atom. The molecule has 2 aromatic carbocycles. The van der Waals surface area contributed by atoms with E-state index in [2.05, 4.69) is 19.2 Å². The number of hydrogen-bond acceptors (Lipinski definition) is 3. The lowest BCUT2D eigenvalue weighted by atomic mass is 9.95. The number of hydrogen-bond donors (Lipinski definition) is 1. The zero-order valence-corrected chi connectivity index (χ0v) is 15.6. The van der Waals surface area contributed by atoms with Crippen molar-refractivity contribution in [1.82, 2.24) is 5.32 Å². The third kappa shape index (κ3) is 5.09. The molecule has 0 saturated heterocycles. The van der Waals surface area contributed by atoms with E-state index in [0.717, 1.165) is 23.3 Å². The molecule has 1 heterocycles. The number of nitrogens with one attached hydrogen (secondary N) is 1. The van der Waals surface area contributed by atoms with Gasteiger partial charge in [0.1, 0.15) is 5.82 Å². The first-order chi connectivity index (χ1) is 13.0. The molecule has 0 bridgehead atoms. The molecule has 0 fully saturated rings. The molecule has 0 aliphatic carbocycles. The highest BCUT2D eigenvalue weighted by molar-refractivity contribution is 5.92. The molecule has 5 heteroatoms. The van der Waals surface area contributed by atoms with E-state index in [4.69, 9.17) is 9.47 Å². The van der Waals surface area contributed by atoms with Crippen molar-refractivity contribution >= 4 is 12.0 Å². The van der Waals surface area contributed by atoms with Gasteiger partial charge in [-0.1, -0.05) is 32.0 Å². The van der Waals surface area contributed by atoms with Gasteiger partial charge in [0.25, 0.3) is 0 Å². The van der Waals surface area contributed by atoms with Crippen LogP contribution in [0.1, 0.15) is 37.4 Å². The Morgan fingerprint density at radius 3 is 2.48 bits per heavy atom. The molecular weight excluding hydrogens is 345 g/mol. The number of ether oxygens (including phenoxy) is 2. The lowest BCUT2D eigenvalue weighted by molar-refractivity contribution is -0.117. The molecule has 0 unspecified atom stereocenters. The van der Waals surface area contributed by atoms with Crippen LogP contribution in [0.4, 0.5) is 4.39 Å². The molecule has 0 radical (unpaired) electrons. The molecule has 1 N–H and O–H groups in total. The van der Waals surface area contributed by atoms with Crippen LogP contribution in [0.25, 0.3) is 6.08 Å².